The van der Waals surface area contributed by atoms with Crippen molar-refractivity contribution < 1.29 is 14.2 Å². The van der Waals surface area contributed by atoms with Gasteiger partial charge in [0.25, 0.3) is 0 Å². The monoisotopic (exact) mass is 322 g/mol. The minimum absolute atomic E-state index is 0.00101. The third-order valence-corrected chi connectivity index (χ3v) is 5.47. The Morgan fingerprint density at radius 2 is 2.04 bits per heavy atom. The molecule has 0 aromatic carbocycles. The zero-order valence-electron chi connectivity index (χ0n) is 13.7. The van der Waals surface area contributed by atoms with Crippen LogP contribution in [0.25, 0.3) is 0 Å². The Morgan fingerprint density at radius 1 is 1.26 bits per heavy atom. The number of nitrogens with zero attached hydrogens (tertiary/aromatic N) is 1. The van der Waals surface area contributed by atoms with Gasteiger partial charge in [0.05, 0.1) is 18.4 Å². The second kappa shape index (κ2) is 7.69. The molecule has 0 amide bonds. The van der Waals surface area contributed by atoms with Crippen LogP contribution in [0.15, 0.2) is 18.5 Å². The van der Waals surface area contributed by atoms with Crippen molar-refractivity contribution in [2.45, 2.75) is 69.2 Å². The summed E-state index contributed by atoms with van der Waals surface area (Å²) in [4.78, 5) is 3.83. The van der Waals surface area contributed by atoms with E-state index in [9.17, 15) is 9.50 Å². The largest absolute Gasteiger partial charge is 0.387 e. The second-order valence-corrected chi connectivity index (χ2v) is 7.04. The molecule has 128 valence electrons. The first kappa shape index (κ1) is 16.8. The number of pyridine rings is 1. The summed E-state index contributed by atoms with van der Waals surface area (Å²) in [5.74, 6) is 0.358. The lowest BCUT2D eigenvalue weighted by molar-refractivity contribution is 0.0538. The van der Waals surface area contributed by atoms with Gasteiger partial charge in [0, 0.05) is 31.0 Å². The van der Waals surface area contributed by atoms with E-state index in [4.69, 9.17) is 4.74 Å². The summed E-state index contributed by atoms with van der Waals surface area (Å²) in [6.45, 7) is 0. The molecule has 1 saturated heterocycles. The van der Waals surface area contributed by atoms with E-state index in [1.54, 1.807) is 13.3 Å². The summed E-state index contributed by atoms with van der Waals surface area (Å²) in [5, 5.41) is 14.0. The van der Waals surface area contributed by atoms with Gasteiger partial charge in [-0.25, -0.2) is 4.39 Å². The first-order chi connectivity index (χ1) is 11.2. The van der Waals surface area contributed by atoms with E-state index in [0.29, 0.717) is 17.7 Å². The number of hydrogen-bond acceptors (Lipinski definition) is 4. The third-order valence-electron chi connectivity index (χ3n) is 5.47. The molecule has 1 aliphatic heterocycles. The van der Waals surface area contributed by atoms with Crippen LogP contribution in [0.2, 0.25) is 0 Å². The Balaban J connectivity index is 1.49. The first-order valence-electron chi connectivity index (χ1n) is 8.73. The number of aliphatic hydroxyl groups is 1. The van der Waals surface area contributed by atoms with Gasteiger partial charge in [-0.05, 0) is 56.9 Å². The van der Waals surface area contributed by atoms with Crippen LogP contribution >= 0.6 is 0 Å². The molecule has 1 aliphatic carbocycles. The molecular weight excluding hydrogens is 295 g/mol. The smallest absolute Gasteiger partial charge is 0.141 e. The fraction of sp³-hybridized carbons (Fsp3) is 0.722. The molecule has 1 saturated carbocycles. The van der Waals surface area contributed by atoms with E-state index >= 15 is 0 Å². The number of aliphatic hydroxyl groups excluding tert-OH is 1. The molecule has 0 bridgehead atoms. The molecule has 23 heavy (non-hydrogen) atoms. The summed E-state index contributed by atoms with van der Waals surface area (Å²) in [6, 6.07) is 1.83. The lowest BCUT2D eigenvalue weighted by Crippen LogP contribution is -2.35. The van der Waals surface area contributed by atoms with Crippen molar-refractivity contribution >= 4 is 0 Å². The summed E-state index contributed by atoms with van der Waals surface area (Å²) >= 11 is 0. The van der Waals surface area contributed by atoms with Gasteiger partial charge in [-0.2, -0.15) is 0 Å². The van der Waals surface area contributed by atoms with Gasteiger partial charge in [-0.3, -0.25) is 4.98 Å². The van der Waals surface area contributed by atoms with Crippen LogP contribution in [0.4, 0.5) is 4.39 Å². The average molecular weight is 322 g/mol. The molecule has 1 aromatic heterocycles. The van der Waals surface area contributed by atoms with Crippen molar-refractivity contribution in [3.05, 3.63) is 29.8 Å². The fourth-order valence-corrected chi connectivity index (χ4v) is 4.11. The maximum atomic E-state index is 13.3. The quantitative estimate of drug-likeness (QED) is 0.875. The van der Waals surface area contributed by atoms with Gasteiger partial charge >= 0.3 is 0 Å². The minimum Gasteiger partial charge on any atom is -0.387 e. The molecule has 5 heteroatoms. The predicted molar refractivity (Wildman–Crippen MR) is 86.5 cm³/mol. The molecule has 2 fully saturated rings. The van der Waals surface area contributed by atoms with Crippen LogP contribution in [0.1, 0.15) is 56.6 Å². The predicted octanol–water partition coefficient (Wildman–Crippen LogP) is 2.97. The lowest BCUT2D eigenvalue weighted by atomic mass is 9.83. The summed E-state index contributed by atoms with van der Waals surface area (Å²) in [5.41, 5.74) is 0.559. The molecule has 4 nitrogen and oxygen atoms in total. The topological polar surface area (TPSA) is 54.4 Å². The summed E-state index contributed by atoms with van der Waals surface area (Å²) < 4.78 is 18.7. The van der Waals surface area contributed by atoms with Crippen LogP contribution in [-0.2, 0) is 4.74 Å². The van der Waals surface area contributed by atoms with E-state index in [0.717, 1.165) is 37.8 Å². The Labute approximate surface area is 137 Å². The molecule has 3 atom stereocenters. The molecule has 0 unspecified atom stereocenters. The highest BCUT2D eigenvalue weighted by Crippen LogP contribution is 2.33. The maximum absolute atomic E-state index is 13.3. The van der Waals surface area contributed by atoms with Gasteiger partial charge in [-0.1, -0.05) is 0 Å². The van der Waals surface area contributed by atoms with Crippen molar-refractivity contribution in [2.75, 3.05) is 7.11 Å². The zero-order chi connectivity index (χ0) is 16.2. The normalized spacial score (nSPS) is 32.8. The zero-order valence-corrected chi connectivity index (χ0v) is 13.7. The molecular formula is C18H27FN2O2. The number of aromatic nitrogens is 1. The molecule has 1 aromatic rings. The van der Waals surface area contributed by atoms with Crippen molar-refractivity contribution in [3.8, 4) is 0 Å². The Bertz CT molecular complexity index is 506. The number of hydrogen-bond donors (Lipinski definition) is 2. The highest BCUT2D eigenvalue weighted by atomic mass is 19.1. The van der Waals surface area contributed by atoms with Gasteiger partial charge in [0.2, 0.25) is 0 Å². The first-order valence-corrected chi connectivity index (χ1v) is 8.73. The van der Waals surface area contributed by atoms with Crippen molar-refractivity contribution in [1.29, 1.82) is 0 Å². The minimum atomic E-state index is -0.688. The van der Waals surface area contributed by atoms with Gasteiger partial charge < -0.3 is 15.2 Å². The van der Waals surface area contributed by atoms with E-state index in [2.05, 4.69) is 10.3 Å². The Hall–Kier alpha value is -1.04. The fourth-order valence-electron chi connectivity index (χ4n) is 4.11. The summed E-state index contributed by atoms with van der Waals surface area (Å²) in [6.07, 6.45) is 10.4. The SMILES string of the molecule is COC1CCC(C[C@H]2CC[C@H]([C@@H](O)c3cncc(F)c3)N2)CC1. The van der Waals surface area contributed by atoms with E-state index in [1.165, 1.54) is 25.3 Å². The van der Waals surface area contributed by atoms with E-state index in [1.807, 2.05) is 0 Å². The highest BCUT2D eigenvalue weighted by molar-refractivity contribution is 5.16. The van der Waals surface area contributed by atoms with Crippen molar-refractivity contribution in [2.24, 2.45) is 5.92 Å². The molecule has 2 N–H and O–H groups in total. The highest BCUT2D eigenvalue weighted by Gasteiger charge is 2.32. The maximum Gasteiger partial charge on any atom is 0.141 e. The molecule has 3 rings (SSSR count). The van der Waals surface area contributed by atoms with Gasteiger partial charge in [-0.15, -0.1) is 0 Å². The Morgan fingerprint density at radius 3 is 2.74 bits per heavy atom. The van der Waals surface area contributed by atoms with Crippen LogP contribution < -0.4 is 5.32 Å². The third kappa shape index (κ3) is 4.28. The number of ether oxygens (including phenoxy) is 1. The number of methoxy groups -OCH3 is 1. The average Bonchev–Trinajstić information content (AvgIpc) is 3.03. The van der Waals surface area contributed by atoms with Crippen molar-refractivity contribution in [3.63, 3.8) is 0 Å². The van der Waals surface area contributed by atoms with E-state index < -0.39 is 11.9 Å². The Kier molecular flexibility index (Phi) is 5.62. The molecule has 2 heterocycles. The van der Waals surface area contributed by atoms with Crippen LogP contribution in [0.3, 0.4) is 0 Å². The number of rotatable bonds is 5. The molecule has 2 aliphatic rings. The van der Waals surface area contributed by atoms with E-state index in [-0.39, 0.29) is 6.04 Å². The summed E-state index contributed by atoms with van der Waals surface area (Å²) in [7, 11) is 1.80. The van der Waals surface area contributed by atoms with Crippen LogP contribution in [0, 0.1) is 11.7 Å². The van der Waals surface area contributed by atoms with Crippen LogP contribution in [0.5, 0.6) is 0 Å². The van der Waals surface area contributed by atoms with Crippen LogP contribution in [-0.4, -0.2) is 35.4 Å². The van der Waals surface area contributed by atoms with Crippen molar-refractivity contribution in [1.82, 2.24) is 10.3 Å². The number of nitrogens with one attached hydrogen (secondary N) is 1. The number of halogens is 1. The standard InChI is InChI=1S/C18H27FN2O2/c1-23-16-5-2-12(3-6-16)8-15-4-7-17(21-15)18(22)13-9-14(19)11-20-10-13/h9-12,15-18,21-22H,2-8H2,1H3/t12?,15-,16?,17-,18+/m1/s1. The molecule has 0 radical (unpaired) electrons. The van der Waals surface area contributed by atoms with Gasteiger partial charge in [0.1, 0.15) is 5.82 Å². The second-order valence-electron chi connectivity index (χ2n) is 7.04. The lowest BCUT2D eigenvalue weighted by Gasteiger charge is -2.29. The molecule has 0 spiro atoms. The van der Waals surface area contributed by atoms with Gasteiger partial charge in [0.15, 0.2) is 0 Å².